The summed E-state index contributed by atoms with van der Waals surface area (Å²) in [7, 11) is 3.57. The van der Waals surface area contributed by atoms with Gasteiger partial charge in [0.25, 0.3) is 0 Å². The van der Waals surface area contributed by atoms with E-state index >= 15 is 0 Å². The van der Waals surface area contributed by atoms with E-state index in [2.05, 4.69) is 47.4 Å². The average Bonchev–Trinajstić information content (AvgIpc) is 3.31. The van der Waals surface area contributed by atoms with Gasteiger partial charge >= 0.3 is 15.6 Å². The number of phosphoric ester groups is 2. The lowest BCUT2D eigenvalue weighted by Crippen LogP contribution is -2.37. The molecular weight excluding hydrogens is 955 g/mol. The van der Waals surface area contributed by atoms with Crippen molar-refractivity contribution in [3.05, 3.63) is 0 Å². The van der Waals surface area contributed by atoms with Crippen molar-refractivity contribution < 1.29 is 64.9 Å². The van der Waals surface area contributed by atoms with Crippen LogP contribution in [0.2, 0.25) is 0 Å². The van der Waals surface area contributed by atoms with Gasteiger partial charge in [0, 0.05) is 52.1 Å². The molecule has 0 bridgehead atoms. The first-order chi connectivity index (χ1) is 34.6. The maximum absolute atomic E-state index is 12.6. The molecule has 416 valence electrons. The Morgan fingerprint density at radius 1 is 0.403 bits per heavy atom. The van der Waals surface area contributed by atoms with Gasteiger partial charge in [0.15, 0.2) is 0 Å². The monoisotopic (exact) mass is 1060 g/mol. The summed E-state index contributed by atoms with van der Waals surface area (Å²) in [6.45, 7) is 4.17. The largest absolute Gasteiger partial charge is 0.472 e. The Balaban J connectivity index is 2.60. The van der Waals surface area contributed by atoms with E-state index in [1.165, 1.54) is 12.8 Å². The number of hydrogen-bond acceptors (Lipinski definition) is 10. The molecule has 1 aliphatic rings. The number of quaternary nitrogens is 2. The van der Waals surface area contributed by atoms with Crippen molar-refractivity contribution in [2.75, 3.05) is 121 Å². The second-order valence-electron chi connectivity index (χ2n) is 21.1. The van der Waals surface area contributed by atoms with Gasteiger partial charge < -0.3 is 37.7 Å². The molecule has 14 nitrogen and oxygen atoms in total. The summed E-state index contributed by atoms with van der Waals surface area (Å²) in [6.07, 6.45) is 28.5. The predicted octanol–water partition coefficient (Wildman–Crippen LogP) is 11.4. The third-order valence-electron chi connectivity index (χ3n) is 11.7. The molecule has 3 unspecified atom stereocenters. The summed E-state index contributed by atoms with van der Waals surface area (Å²) < 4.78 is 71.6. The number of likely N-dealkylation sites (N-methyl/N-ethyl adjacent to an activating group) is 2. The molecule has 0 saturated heterocycles. The molecule has 72 heavy (non-hydrogen) atoms. The third-order valence-corrected chi connectivity index (χ3v) is 13.7. The number of rotatable bonds is 14. The minimum Gasteiger partial charge on any atom is -0.379 e. The van der Waals surface area contributed by atoms with Crippen LogP contribution in [0.1, 0.15) is 180 Å². The van der Waals surface area contributed by atoms with Crippen molar-refractivity contribution >= 4 is 15.6 Å². The Morgan fingerprint density at radius 3 is 0.958 bits per heavy atom. The molecule has 0 aromatic carbocycles. The van der Waals surface area contributed by atoms with Gasteiger partial charge in [0.1, 0.15) is 38.5 Å². The average molecular weight is 1060 g/mol. The fourth-order valence-corrected chi connectivity index (χ4v) is 8.71. The van der Waals surface area contributed by atoms with Crippen LogP contribution in [0.5, 0.6) is 0 Å². The fourth-order valence-electron chi connectivity index (χ4n) is 7.23. The van der Waals surface area contributed by atoms with E-state index < -0.39 is 27.9 Å². The van der Waals surface area contributed by atoms with Gasteiger partial charge in [-0.15, -0.1) is 0 Å². The lowest BCUT2D eigenvalue weighted by molar-refractivity contribution is -0.870. The van der Waals surface area contributed by atoms with E-state index in [1.807, 2.05) is 42.3 Å². The molecule has 0 aromatic heterocycles. The van der Waals surface area contributed by atoms with Crippen molar-refractivity contribution in [1.29, 1.82) is 0 Å². The van der Waals surface area contributed by atoms with E-state index in [4.69, 9.17) is 37.0 Å². The molecule has 1 aliphatic heterocycles. The van der Waals surface area contributed by atoms with Crippen LogP contribution in [-0.2, 0) is 46.2 Å². The molecule has 0 spiro atoms. The molecule has 0 aliphatic carbocycles. The lowest BCUT2D eigenvalue weighted by Gasteiger charge is -2.24. The molecule has 0 radical (unpaired) electrons. The zero-order chi connectivity index (χ0) is 52.8. The number of phosphoric acid groups is 2. The quantitative estimate of drug-likeness (QED) is 0.0969. The lowest BCUT2D eigenvalue weighted by atomic mass is 10.1. The van der Waals surface area contributed by atoms with Crippen LogP contribution in [0, 0.1) is 47.4 Å². The molecule has 4 atom stereocenters. The van der Waals surface area contributed by atoms with Crippen LogP contribution in [0.4, 0.5) is 0 Å². The molecule has 0 aromatic rings. The van der Waals surface area contributed by atoms with Gasteiger partial charge in [0.2, 0.25) is 0 Å². The Hall–Kier alpha value is -1.78. The number of hydrogen-bond donors (Lipinski definition) is 2. The summed E-state index contributed by atoms with van der Waals surface area (Å²) in [5.41, 5.74) is 0. The summed E-state index contributed by atoms with van der Waals surface area (Å²) >= 11 is 0. The van der Waals surface area contributed by atoms with Gasteiger partial charge in [-0.1, -0.05) is 126 Å². The highest BCUT2D eigenvalue weighted by molar-refractivity contribution is 7.47. The van der Waals surface area contributed by atoms with E-state index in [9.17, 15) is 18.9 Å². The second kappa shape index (κ2) is 45.4. The Kier molecular flexibility index (Phi) is 43.0. The van der Waals surface area contributed by atoms with Gasteiger partial charge in [-0.3, -0.25) is 18.1 Å². The highest BCUT2D eigenvalue weighted by Gasteiger charge is 2.26. The van der Waals surface area contributed by atoms with Crippen LogP contribution in [-0.4, -0.2) is 152 Å². The first-order valence-corrected chi connectivity index (χ1v) is 30.7. The standard InChI is InChI=1S/C56H100N2O12P2/c1-57(2,3)43-49-67-71(59,60)69-53-55-51-63-45-39-35-31-27-23-19-15-11-7-8-12-16-20-24-28-32-36-40-46-64-52-56(54-70-72(61,62)68-50-44-58(4,5)6)66-48-42-38-34-30-26-22-18-14-10-9-13-17-21-25-29-33-37-41-47-65-55/h55-56H,15-54H2,1-6H3/p+2/t55-,56?/m1/s1. The van der Waals surface area contributed by atoms with Crippen LogP contribution in [0.15, 0.2) is 0 Å². The number of ether oxygens (including phenoxy) is 4. The van der Waals surface area contributed by atoms with Crippen LogP contribution in [0.3, 0.4) is 0 Å². The van der Waals surface area contributed by atoms with E-state index in [1.54, 1.807) is 0 Å². The Morgan fingerprint density at radius 2 is 0.667 bits per heavy atom. The first-order valence-electron chi connectivity index (χ1n) is 27.7. The normalized spacial score (nSPS) is 22.6. The van der Waals surface area contributed by atoms with Crippen LogP contribution < -0.4 is 0 Å². The topological polar surface area (TPSA) is 148 Å². The SMILES string of the molecule is C[N+](C)(C)CCOP(=O)(O)OCC1COCCCCCCCCC#CC#CCCCCCCCCOC[C@H](COP(=O)(O)OCC[N+](C)(C)C)OCCCCCCCCC#CC#CCCCCCCCCO1. The summed E-state index contributed by atoms with van der Waals surface area (Å²) in [5, 5.41) is 0. The van der Waals surface area contributed by atoms with E-state index in [-0.39, 0.29) is 26.4 Å². The second-order valence-corrected chi connectivity index (χ2v) is 24.0. The molecule has 0 amide bonds. The Bertz CT molecular complexity index is 1550. The van der Waals surface area contributed by atoms with Gasteiger partial charge in [-0.2, -0.15) is 0 Å². The van der Waals surface area contributed by atoms with Crippen molar-refractivity contribution in [3.63, 3.8) is 0 Å². The van der Waals surface area contributed by atoms with Crippen LogP contribution >= 0.6 is 15.6 Å². The van der Waals surface area contributed by atoms with Crippen molar-refractivity contribution in [2.45, 2.75) is 192 Å². The van der Waals surface area contributed by atoms with Crippen LogP contribution in [0.25, 0.3) is 0 Å². The summed E-state index contributed by atoms with van der Waals surface area (Å²) in [6, 6.07) is 0. The molecule has 1 heterocycles. The van der Waals surface area contributed by atoms with Gasteiger partial charge in [-0.05, 0) is 75.0 Å². The van der Waals surface area contributed by atoms with E-state index in [0.29, 0.717) is 61.7 Å². The van der Waals surface area contributed by atoms with Gasteiger partial charge in [-0.25, -0.2) is 9.13 Å². The highest BCUT2D eigenvalue weighted by Crippen LogP contribution is 2.44. The summed E-state index contributed by atoms with van der Waals surface area (Å²) in [4.78, 5) is 20.5. The zero-order valence-electron chi connectivity index (χ0n) is 46.2. The molecule has 1 rings (SSSR count). The maximum atomic E-state index is 12.6. The molecule has 16 heteroatoms. The smallest absolute Gasteiger partial charge is 0.379 e. The fraction of sp³-hybridized carbons (Fsp3) is 0.857. The molecular formula is C56H102N2O12P2+2. The predicted molar refractivity (Wildman–Crippen MR) is 291 cm³/mol. The first kappa shape index (κ1) is 68.2. The van der Waals surface area contributed by atoms with E-state index in [0.717, 1.165) is 167 Å². The minimum absolute atomic E-state index is 0.0675. The highest BCUT2D eigenvalue weighted by atomic mass is 31.2. The minimum atomic E-state index is -4.20. The van der Waals surface area contributed by atoms with Gasteiger partial charge in [0.05, 0.1) is 68.7 Å². The van der Waals surface area contributed by atoms with Crippen molar-refractivity contribution in [3.8, 4) is 47.4 Å². The number of nitrogens with zero attached hydrogens (tertiary/aromatic N) is 2. The molecule has 2 N–H and O–H groups in total. The molecule has 0 fully saturated rings. The molecule has 0 saturated carbocycles. The summed E-state index contributed by atoms with van der Waals surface area (Å²) in [5.74, 6) is 24.9. The Labute approximate surface area is 439 Å². The zero-order valence-corrected chi connectivity index (χ0v) is 48.0. The maximum Gasteiger partial charge on any atom is 0.472 e. The van der Waals surface area contributed by atoms with Crippen molar-refractivity contribution in [2.24, 2.45) is 0 Å². The van der Waals surface area contributed by atoms with Crippen molar-refractivity contribution in [1.82, 2.24) is 0 Å². The third kappa shape index (κ3) is 50.4.